The summed E-state index contributed by atoms with van der Waals surface area (Å²) in [5, 5.41) is 6.50. The van der Waals surface area contributed by atoms with E-state index in [2.05, 4.69) is 17.6 Å². The van der Waals surface area contributed by atoms with Crippen molar-refractivity contribution in [3.05, 3.63) is 0 Å². The van der Waals surface area contributed by atoms with Gasteiger partial charge in [-0.3, -0.25) is 4.79 Å². The van der Waals surface area contributed by atoms with Crippen LogP contribution in [0, 0.1) is 11.3 Å². The number of nitrogens with one attached hydrogen (secondary N) is 2. The van der Waals surface area contributed by atoms with Crippen LogP contribution < -0.4 is 10.6 Å². The van der Waals surface area contributed by atoms with E-state index in [4.69, 9.17) is 0 Å². The summed E-state index contributed by atoms with van der Waals surface area (Å²) < 4.78 is 0. The fourth-order valence-electron chi connectivity index (χ4n) is 3.04. The van der Waals surface area contributed by atoms with E-state index in [9.17, 15) is 4.79 Å². The van der Waals surface area contributed by atoms with Crippen molar-refractivity contribution < 1.29 is 4.79 Å². The highest BCUT2D eigenvalue weighted by Crippen LogP contribution is 2.43. The number of carbonyl (C=O) groups excluding carboxylic acids is 1. The first kappa shape index (κ1) is 15.8. The van der Waals surface area contributed by atoms with Crippen LogP contribution in [0.25, 0.3) is 0 Å². The third-order valence-electron chi connectivity index (χ3n) is 4.76. The molecule has 0 bridgehead atoms. The minimum absolute atomic E-state index is 0. The summed E-state index contributed by atoms with van der Waals surface area (Å²) in [5.74, 6) is 0.881. The molecule has 1 saturated carbocycles. The number of amides is 1. The van der Waals surface area contributed by atoms with E-state index < -0.39 is 0 Å². The first-order valence-corrected chi connectivity index (χ1v) is 7.21. The predicted molar refractivity (Wildman–Crippen MR) is 77.0 cm³/mol. The fourth-order valence-corrected chi connectivity index (χ4v) is 3.04. The van der Waals surface area contributed by atoms with E-state index in [1.54, 1.807) is 0 Å². The number of carbonyl (C=O) groups is 1. The highest BCUT2D eigenvalue weighted by molar-refractivity contribution is 5.85. The molecular formula is C14H27ClN2O. The lowest BCUT2D eigenvalue weighted by Crippen LogP contribution is -2.42. The highest BCUT2D eigenvalue weighted by Gasteiger charge is 2.35. The Bertz CT molecular complexity index is 255. The van der Waals surface area contributed by atoms with Crippen LogP contribution in [0.3, 0.4) is 0 Å². The molecule has 1 saturated heterocycles. The van der Waals surface area contributed by atoms with Crippen LogP contribution in [0.4, 0.5) is 0 Å². The first-order valence-electron chi connectivity index (χ1n) is 7.21. The summed E-state index contributed by atoms with van der Waals surface area (Å²) in [6.07, 6.45) is 8.22. The van der Waals surface area contributed by atoms with E-state index in [1.807, 2.05) is 0 Å². The Labute approximate surface area is 117 Å². The average Bonchev–Trinajstić information content (AvgIpc) is 2.29. The maximum atomic E-state index is 11.9. The summed E-state index contributed by atoms with van der Waals surface area (Å²) >= 11 is 0. The topological polar surface area (TPSA) is 41.1 Å². The molecule has 2 aliphatic rings. The van der Waals surface area contributed by atoms with Crippen molar-refractivity contribution in [1.29, 1.82) is 0 Å². The van der Waals surface area contributed by atoms with Gasteiger partial charge in [0.05, 0.1) is 0 Å². The van der Waals surface area contributed by atoms with E-state index >= 15 is 0 Å². The molecule has 0 aromatic heterocycles. The van der Waals surface area contributed by atoms with Crippen molar-refractivity contribution in [3.8, 4) is 0 Å². The first-order chi connectivity index (χ1) is 8.24. The molecule has 1 aliphatic heterocycles. The van der Waals surface area contributed by atoms with Gasteiger partial charge in [-0.05, 0) is 56.5 Å². The molecule has 0 aromatic rings. The van der Waals surface area contributed by atoms with Crippen molar-refractivity contribution >= 4 is 18.3 Å². The minimum atomic E-state index is 0. The second-order valence-electron chi connectivity index (χ2n) is 5.88. The van der Waals surface area contributed by atoms with Gasteiger partial charge in [0.25, 0.3) is 0 Å². The summed E-state index contributed by atoms with van der Waals surface area (Å²) in [6, 6.07) is 0. The quantitative estimate of drug-likeness (QED) is 0.809. The molecule has 3 nitrogen and oxygen atoms in total. The predicted octanol–water partition coefficient (Wildman–Crippen LogP) is 2.49. The average molecular weight is 275 g/mol. The monoisotopic (exact) mass is 274 g/mol. The van der Waals surface area contributed by atoms with E-state index in [0.717, 1.165) is 38.9 Å². The smallest absolute Gasteiger partial charge is 0.220 e. The molecule has 1 aliphatic carbocycles. The zero-order valence-electron chi connectivity index (χ0n) is 11.5. The molecule has 0 unspecified atom stereocenters. The largest absolute Gasteiger partial charge is 0.356 e. The Balaban J connectivity index is 0.00000162. The van der Waals surface area contributed by atoms with Gasteiger partial charge in [0.1, 0.15) is 0 Å². The maximum Gasteiger partial charge on any atom is 0.220 e. The summed E-state index contributed by atoms with van der Waals surface area (Å²) in [6.45, 7) is 5.32. The van der Waals surface area contributed by atoms with Gasteiger partial charge in [0, 0.05) is 13.0 Å². The normalized spacial score (nSPS) is 22.7. The maximum absolute atomic E-state index is 11.9. The van der Waals surface area contributed by atoms with Gasteiger partial charge in [0.2, 0.25) is 5.91 Å². The molecule has 0 radical (unpaired) electrons. The Morgan fingerprint density at radius 2 is 2.00 bits per heavy atom. The standard InChI is InChI=1S/C14H26N2O.ClH/c1-2-14(6-3-7-14)11-16-13(17)10-12-4-8-15-9-5-12;/h12,15H,2-11H2,1H3,(H,16,17);1H. The SMILES string of the molecule is CCC1(CNC(=O)CC2CCNCC2)CCC1.Cl. The molecule has 0 atom stereocenters. The van der Waals surface area contributed by atoms with Gasteiger partial charge in [-0.1, -0.05) is 13.3 Å². The second kappa shape index (κ2) is 7.34. The third kappa shape index (κ3) is 4.13. The Morgan fingerprint density at radius 1 is 1.33 bits per heavy atom. The summed E-state index contributed by atoms with van der Waals surface area (Å²) in [5.41, 5.74) is 0.448. The van der Waals surface area contributed by atoms with Crippen molar-refractivity contribution in [2.75, 3.05) is 19.6 Å². The zero-order chi connectivity index (χ0) is 12.1. The van der Waals surface area contributed by atoms with Crippen LogP contribution in [0.2, 0.25) is 0 Å². The van der Waals surface area contributed by atoms with E-state index in [1.165, 1.54) is 25.7 Å². The molecule has 18 heavy (non-hydrogen) atoms. The van der Waals surface area contributed by atoms with Crippen LogP contribution in [-0.2, 0) is 4.79 Å². The zero-order valence-corrected chi connectivity index (χ0v) is 12.3. The van der Waals surface area contributed by atoms with Crippen LogP contribution in [0.5, 0.6) is 0 Å². The molecular weight excluding hydrogens is 248 g/mol. The lowest BCUT2D eigenvalue weighted by Gasteiger charge is -2.41. The second-order valence-corrected chi connectivity index (χ2v) is 5.88. The molecule has 1 heterocycles. The van der Waals surface area contributed by atoms with Gasteiger partial charge < -0.3 is 10.6 Å². The van der Waals surface area contributed by atoms with Crippen molar-refractivity contribution in [2.45, 2.75) is 51.9 Å². The molecule has 4 heteroatoms. The van der Waals surface area contributed by atoms with E-state index in [-0.39, 0.29) is 18.3 Å². The number of hydrogen-bond donors (Lipinski definition) is 2. The van der Waals surface area contributed by atoms with Gasteiger partial charge in [-0.2, -0.15) is 0 Å². The minimum Gasteiger partial charge on any atom is -0.356 e. The van der Waals surface area contributed by atoms with Crippen molar-refractivity contribution in [1.82, 2.24) is 10.6 Å². The van der Waals surface area contributed by atoms with Gasteiger partial charge in [-0.25, -0.2) is 0 Å². The molecule has 2 fully saturated rings. The molecule has 0 aromatic carbocycles. The number of rotatable bonds is 5. The Hall–Kier alpha value is -0.280. The number of piperidine rings is 1. The lowest BCUT2D eigenvalue weighted by atomic mass is 9.67. The lowest BCUT2D eigenvalue weighted by molar-refractivity contribution is -0.123. The van der Waals surface area contributed by atoms with Crippen LogP contribution >= 0.6 is 12.4 Å². The van der Waals surface area contributed by atoms with Crippen LogP contribution in [-0.4, -0.2) is 25.5 Å². The molecule has 0 spiro atoms. The van der Waals surface area contributed by atoms with Crippen LogP contribution in [0.1, 0.15) is 51.9 Å². The fraction of sp³-hybridized carbons (Fsp3) is 0.929. The third-order valence-corrected chi connectivity index (χ3v) is 4.76. The molecule has 2 N–H and O–H groups in total. The summed E-state index contributed by atoms with van der Waals surface area (Å²) in [4.78, 5) is 11.9. The van der Waals surface area contributed by atoms with Crippen LogP contribution in [0.15, 0.2) is 0 Å². The number of halogens is 1. The van der Waals surface area contributed by atoms with Gasteiger partial charge in [-0.15, -0.1) is 12.4 Å². The Kier molecular flexibility index (Phi) is 6.44. The Morgan fingerprint density at radius 3 is 2.50 bits per heavy atom. The number of hydrogen-bond acceptors (Lipinski definition) is 2. The highest BCUT2D eigenvalue weighted by atomic mass is 35.5. The summed E-state index contributed by atoms with van der Waals surface area (Å²) in [7, 11) is 0. The van der Waals surface area contributed by atoms with Gasteiger partial charge >= 0.3 is 0 Å². The van der Waals surface area contributed by atoms with Crippen molar-refractivity contribution in [3.63, 3.8) is 0 Å². The van der Waals surface area contributed by atoms with Gasteiger partial charge in [0.15, 0.2) is 0 Å². The molecule has 1 amide bonds. The van der Waals surface area contributed by atoms with E-state index in [0.29, 0.717) is 11.3 Å². The van der Waals surface area contributed by atoms with Crippen molar-refractivity contribution in [2.24, 2.45) is 11.3 Å². The molecule has 106 valence electrons. The molecule has 2 rings (SSSR count).